The van der Waals surface area contributed by atoms with Crippen LogP contribution >= 0.6 is 34.3 Å². The van der Waals surface area contributed by atoms with Crippen molar-refractivity contribution in [3.8, 4) is 5.75 Å². The summed E-state index contributed by atoms with van der Waals surface area (Å²) in [6.07, 6.45) is 10.4. The third-order valence-corrected chi connectivity index (χ3v) is 12.4. The summed E-state index contributed by atoms with van der Waals surface area (Å²) >= 11 is 9.61. The molecule has 0 radical (unpaired) electrons. The van der Waals surface area contributed by atoms with E-state index in [1.165, 1.54) is 32.8 Å². The molecule has 3 aliphatic rings. The van der Waals surface area contributed by atoms with Crippen LogP contribution in [0, 0.1) is 0 Å². The van der Waals surface area contributed by atoms with Crippen molar-refractivity contribution < 1.29 is 23.7 Å². The first-order valence-corrected chi connectivity index (χ1v) is 18.1. The van der Waals surface area contributed by atoms with Crippen molar-refractivity contribution in [2.45, 2.75) is 56.3 Å². The predicted octanol–water partition coefficient (Wildman–Crippen LogP) is 6.76. The minimum absolute atomic E-state index is 0.220. The Bertz CT molecular complexity index is 2040. The summed E-state index contributed by atoms with van der Waals surface area (Å²) in [5, 5.41) is 6.17. The van der Waals surface area contributed by atoms with E-state index in [9.17, 15) is 0 Å². The number of aryl methyl sites for hydroxylation is 2. The molecule has 258 valence electrons. The fraction of sp³-hybridized carbons (Fsp3) is 0.457. The number of nitrogens with zero attached hydrogens (tertiary/aromatic N) is 5. The molecule has 0 saturated carbocycles. The SMILES string of the molecule is COCC1(OC)CCc2c(sc3ncnc(Cl)c23)C1.COCC1(OC)CCc2c(sc3ncnc(Nc4cc5c(cc4OC)CN=C5)c23)C1. The Morgan fingerprint density at radius 1 is 0.796 bits per heavy atom. The molecule has 1 aliphatic heterocycles. The van der Waals surface area contributed by atoms with Crippen LogP contribution < -0.4 is 10.1 Å². The van der Waals surface area contributed by atoms with Crippen molar-refractivity contribution >= 4 is 72.4 Å². The smallest absolute Gasteiger partial charge is 0.142 e. The molecule has 5 heterocycles. The molecule has 2 unspecified atom stereocenters. The van der Waals surface area contributed by atoms with E-state index in [2.05, 4.69) is 36.3 Å². The van der Waals surface area contributed by atoms with Gasteiger partial charge < -0.3 is 29.0 Å². The van der Waals surface area contributed by atoms with E-state index in [0.717, 1.165) is 81.8 Å². The highest BCUT2D eigenvalue weighted by molar-refractivity contribution is 7.19. The van der Waals surface area contributed by atoms with Gasteiger partial charge in [-0.15, -0.1) is 22.7 Å². The third kappa shape index (κ3) is 6.42. The molecule has 0 saturated heterocycles. The summed E-state index contributed by atoms with van der Waals surface area (Å²) in [5.41, 5.74) is 5.27. The zero-order chi connectivity index (χ0) is 34.2. The normalized spacial score (nSPS) is 20.9. The van der Waals surface area contributed by atoms with Gasteiger partial charge in [0.2, 0.25) is 0 Å². The Morgan fingerprint density at radius 3 is 2.02 bits per heavy atom. The lowest BCUT2D eigenvalue weighted by molar-refractivity contribution is -0.0715. The first kappa shape index (κ1) is 34.2. The molecule has 8 rings (SSSR count). The number of aromatic nitrogens is 4. The van der Waals surface area contributed by atoms with Gasteiger partial charge >= 0.3 is 0 Å². The summed E-state index contributed by atoms with van der Waals surface area (Å²) < 4.78 is 28.0. The number of halogens is 1. The average molecular weight is 723 g/mol. The standard InChI is InChI=1S/C22H24N4O3S.C13H15ClN2O2S/c1-27-11-22(29-3)5-4-15-18(8-22)30-21-19(15)20(24-12-25-21)26-16-6-13-9-23-10-14(13)7-17(16)28-2;1-17-6-13(18-2)4-3-8-9(5-13)19-12-10(8)11(14)15-7-16-12/h6-7,9,12H,4-5,8,10-11H2,1-3H3,(H,24,25,26);7H,3-6H2,1-2H3. The first-order valence-electron chi connectivity index (χ1n) is 16.1. The number of hydrogen-bond acceptors (Lipinski definition) is 13. The maximum absolute atomic E-state index is 6.20. The van der Waals surface area contributed by atoms with Gasteiger partial charge in [-0.2, -0.15) is 0 Å². The van der Waals surface area contributed by atoms with E-state index < -0.39 is 0 Å². The van der Waals surface area contributed by atoms with E-state index in [4.69, 9.17) is 35.3 Å². The van der Waals surface area contributed by atoms with Gasteiger partial charge in [-0.05, 0) is 60.1 Å². The lowest BCUT2D eigenvalue weighted by Crippen LogP contribution is -2.41. The zero-order valence-electron chi connectivity index (χ0n) is 28.2. The van der Waals surface area contributed by atoms with Crippen LogP contribution in [0.5, 0.6) is 5.75 Å². The number of nitrogens with one attached hydrogen (secondary N) is 1. The highest BCUT2D eigenvalue weighted by atomic mass is 35.5. The number of methoxy groups -OCH3 is 5. The molecule has 1 aromatic carbocycles. The van der Waals surface area contributed by atoms with Crippen LogP contribution in [-0.4, -0.2) is 86.1 Å². The number of anilines is 2. The molecule has 0 amide bonds. The van der Waals surface area contributed by atoms with Crippen LogP contribution in [0.25, 0.3) is 20.4 Å². The van der Waals surface area contributed by atoms with E-state index in [1.54, 1.807) is 64.5 Å². The van der Waals surface area contributed by atoms with Gasteiger partial charge in [-0.1, -0.05) is 11.6 Å². The van der Waals surface area contributed by atoms with E-state index in [-0.39, 0.29) is 11.2 Å². The van der Waals surface area contributed by atoms with E-state index in [1.807, 2.05) is 12.3 Å². The van der Waals surface area contributed by atoms with Crippen LogP contribution in [0.4, 0.5) is 11.5 Å². The summed E-state index contributed by atoms with van der Waals surface area (Å²) in [6, 6.07) is 4.12. The van der Waals surface area contributed by atoms with Gasteiger partial charge in [0, 0.05) is 57.2 Å². The molecule has 49 heavy (non-hydrogen) atoms. The minimum Gasteiger partial charge on any atom is -0.495 e. The first-order chi connectivity index (χ1) is 23.8. The molecule has 0 bridgehead atoms. The number of ether oxygens (including phenoxy) is 5. The predicted molar refractivity (Wildman–Crippen MR) is 195 cm³/mol. The van der Waals surface area contributed by atoms with Crippen molar-refractivity contribution in [1.82, 2.24) is 19.9 Å². The molecule has 14 heteroatoms. The molecule has 2 atom stereocenters. The van der Waals surface area contributed by atoms with Crippen molar-refractivity contribution in [2.75, 3.05) is 54.1 Å². The molecule has 5 aromatic rings. The quantitative estimate of drug-likeness (QED) is 0.163. The van der Waals surface area contributed by atoms with Gasteiger partial charge in [0.1, 0.15) is 39.0 Å². The second-order valence-electron chi connectivity index (χ2n) is 12.6. The third-order valence-electron chi connectivity index (χ3n) is 9.81. The minimum atomic E-state index is -0.272. The van der Waals surface area contributed by atoms with Crippen molar-refractivity contribution in [1.29, 1.82) is 0 Å². The Balaban J connectivity index is 0.000000171. The molecule has 0 fully saturated rings. The summed E-state index contributed by atoms with van der Waals surface area (Å²) in [7, 11) is 8.65. The second kappa shape index (κ2) is 14.1. The number of benzene rings is 1. The number of thiophene rings is 2. The highest BCUT2D eigenvalue weighted by Gasteiger charge is 2.38. The zero-order valence-corrected chi connectivity index (χ0v) is 30.6. The lowest BCUT2D eigenvalue weighted by atomic mass is 9.84. The molecule has 1 N–H and O–H groups in total. The number of hydrogen-bond donors (Lipinski definition) is 1. The Kier molecular flexibility index (Phi) is 9.86. The monoisotopic (exact) mass is 722 g/mol. The lowest BCUT2D eigenvalue weighted by Gasteiger charge is -2.35. The van der Waals surface area contributed by atoms with Gasteiger partial charge in [0.25, 0.3) is 0 Å². The van der Waals surface area contributed by atoms with E-state index >= 15 is 0 Å². The van der Waals surface area contributed by atoms with Gasteiger partial charge in [-0.25, -0.2) is 19.9 Å². The van der Waals surface area contributed by atoms with Gasteiger partial charge in [-0.3, -0.25) is 4.99 Å². The Hall–Kier alpha value is -3.30. The highest BCUT2D eigenvalue weighted by Crippen LogP contribution is 2.44. The van der Waals surface area contributed by atoms with Crippen molar-refractivity contribution in [2.24, 2.45) is 4.99 Å². The van der Waals surface area contributed by atoms with Gasteiger partial charge in [0.15, 0.2) is 0 Å². The van der Waals surface area contributed by atoms with Crippen LogP contribution in [-0.2, 0) is 51.2 Å². The van der Waals surface area contributed by atoms with E-state index in [0.29, 0.717) is 24.9 Å². The van der Waals surface area contributed by atoms with Crippen molar-refractivity contribution in [3.05, 3.63) is 61.9 Å². The fourth-order valence-electron chi connectivity index (χ4n) is 7.18. The molecule has 11 nitrogen and oxygen atoms in total. The number of fused-ring (bicyclic) bond motifs is 7. The van der Waals surface area contributed by atoms with Crippen LogP contribution in [0.3, 0.4) is 0 Å². The number of rotatable bonds is 9. The summed E-state index contributed by atoms with van der Waals surface area (Å²) in [6.45, 7) is 1.89. The second-order valence-corrected chi connectivity index (χ2v) is 15.1. The Labute approximate surface area is 298 Å². The maximum Gasteiger partial charge on any atom is 0.142 e. The molecular formula is C35H39ClN6O5S2. The van der Waals surface area contributed by atoms with Crippen LogP contribution in [0.15, 0.2) is 29.8 Å². The molecule has 0 spiro atoms. The topological polar surface area (TPSA) is 122 Å². The van der Waals surface area contributed by atoms with Gasteiger partial charge in [0.05, 0.1) is 54.5 Å². The molecular weight excluding hydrogens is 684 g/mol. The van der Waals surface area contributed by atoms with Crippen LogP contribution in [0.2, 0.25) is 5.15 Å². The maximum atomic E-state index is 6.20. The largest absolute Gasteiger partial charge is 0.495 e. The van der Waals surface area contributed by atoms with Crippen LogP contribution in [0.1, 0.15) is 44.8 Å². The summed E-state index contributed by atoms with van der Waals surface area (Å²) in [4.78, 5) is 26.4. The number of aliphatic imine (C=N–C) groups is 1. The fourth-order valence-corrected chi connectivity index (χ4v) is 10.1. The Morgan fingerprint density at radius 2 is 1.41 bits per heavy atom. The molecule has 2 aliphatic carbocycles. The average Bonchev–Trinajstić information content (AvgIpc) is 3.83. The van der Waals surface area contributed by atoms with Crippen molar-refractivity contribution in [3.63, 3.8) is 0 Å². The molecule has 4 aromatic heterocycles. The summed E-state index contributed by atoms with van der Waals surface area (Å²) in [5.74, 6) is 1.59.